The molecule has 0 spiro atoms. The summed E-state index contributed by atoms with van der Waals surface area (Å²) in [4.78, 5) is 10.7. The van der Waals surface area contributed by atoms with Crippen LogP contribution in [0, 0.1) is 0 Å². The molecule has 66 valence electrons. The molecule has 0 aliphatic rings. The largest absolute Gasteiger partial charge is 0.458 e. The number of aliphatic hydroxyl groups excluding tert-OH is 1. The minimum Gasteiger partial charge on any atom is -0.458 e. The van der Waals surface area contributed by atoms with Gasteiger partial charge in [-0.3, -0.25) is 0 Å². The summed E-state index contributed by atoms with van der Waals surface area (Å²) >= 11 is 0. The van der Waals surface area contributed by atoms with Gasteiger partial charge in [0.25, 0.3) is 0 Å². The number of methoxy groups -OCH3 is 1. The van der Waals surface area contributed by atoms with Crippen molar-refractivity contribution in [1.29, 1.82) is 0 Å². The van der Waals surface area contributed by atoms with Crippen molar-refractivity contribution >= 4 is 5.97 Å². The first kappa shape index (κ1) is 10.4. The lowest BCUT2D eigenvalue weighted by Gasteiger charge is -2.12. The van der Waals surface area contributed by atoms with Gasteiger partial charge < -0.3 is 14.6 Å². The predicted octanol–water partition coefficient (Wildman–Crippen LogP) is -0.0547. The first-order valence-corrected chi connectivity index (χ1v) is 3.45. The van der Waals surface area contributed by atoms with Crippen molar-refractivity contribution in [3.63, 3.8) is 0 Å². The Bertz CT molecular complexity index is 122. The predicted molar refractivity (Wildman–Crippen MR) is 39.1 cm³/mol. The number of aliphatic hydroxyl groups is 1. The molecule has 0 aromatic rings. The van der Waals surface area contributed by atoms with Crippen molar-refractivity contribution in [2.24, 2.45) is 0 Å². The van der Waals surface area contributed by atoms with E-state index >= 15 is 0 Å². The molecule has 4 nitrogen and oxygen atoms in total. The maximum atomic E-state index is 10.7. The zero-order valence-corrected chi connectivity index (χ0v) is 7.03. The number of carbonyl (C=O) groups is 1. The van der Waals surface area contributed by atoms with Crippen LogP contribution in [0.2, 0.25) is 0 Å². The van der Waals surface area contributed by atoms with Crippen LogP contribution in [0.25, 0.3) is 0 Å². The number of hydrogen-bond acceptors (Lipinski definition) is 4. The molecule has 0 fully saturated rings. The van der Waals surface area contributed by atoms with E-state index in [0.29, 0.717) is 6.61 Å². The Hall–Kier alpha value is -0.610. The summed E-state index contributed by atoms with van der Waals surface area (Å²) in [5.74, 6) is -0.616. The van der Waals surface area contributed by atoms with Gasteiger partial charge >= 0.3 is 5.97 Å². The fraction of sp³-hybridized carbons (Fsp3) is 0.857. The van der Waals surface area contributed by atoms with E-state index in [4.69, 9.17) is 14.6 Å². The summed E-state index contributed by atoms with van der Waals surface area (Å²) in [6, 6.07) is 0. The van der Waals surface area contributed by atoms with Crippen LogP contribution in [0.15, 0.2) is 0 Å². The quantitative estimate of drug-likeness (QED) is 0.589. The van der Waals surface area contributed by atoms with Gasteiger partial charge in [-0.05, 0) is 13.8 Å². The monoisotopic (exact) mass is 162 g/mol. The Morgan fingerprint density at radius 3 is 2.45 bits per heavy atom. The average molecular weight is 162 g/mol. The molecule has 2 atom stereocenters. The van der Waals surface area contributed by atoms with Crippen molar-refractivity contribution in [2.45, 2.75) is 26.1 Å². The third kappa shape index (κ3) is 4.75. The van der Waals surface area contributed by atoms with E-state index in [1.807, 2.05) is 0 Å². The number of hydrogen-bond donors (Lipinski definition) is 1. The molecule has 2 unspecified atom stereocenters. The molecule has 0 amide bonds. The Morgan fingerprint density at radius 1 is 1.55 bits per heavy atom. The molecule has 0 heterocycles. The summed E-state index contributed by atoms with van der Waals surface area (Å²) in [6.07, 6.45) is -1.36. The molecular formula is C7H14O4. The highest BCUT2D eigenvalue weighted by atomic mass is 16.6. The second-order valence-corrected chi connectivity index (χ2v) is 2.38. The van der Waals surface area contributed by atoms with Gasteiger partial charge in [0.15, 0.2) is 0 Å². The first-order chi connectivity index (χ1) is 5.07. The second kappa shape index (κ2) is 5.09. The SMILES string of the molecule is COCC(C)OC(=O)C(C)O. The van der Waals surface area contributed by atoms with Crippen molar-refractivity contribution in [3.8, 4) is 0 Å². The van der Waals surface area contributed by atoms with Crippen molar-refractivity contribution in [2.75, 3.05) is 13.7 Å². The Kier molecular flexibility index (Phi) is 4.81. The van der Waals surface area contributed by atoms with Gasteiger partial charge in [-0.25, -0.2) is 4.79 Å². The van der Waals surface area contributed by atoms with E-state index in [0.717, 1.165) is 0 Å². The highest BCUT2D eigenvalue weighted by molar-refractivity contribution is 5.73. The summed E-state index contributed by atoms with van der Waals surface area (Å²) in [5, 5.41) is 8.72. The minimum absolute atomic E-state index is 0.304. The van der Waals surface area contributed by atoms with Crippen molar-refractivity contribution < 1.29 is 19.4 Å². The van der Waals surface area contributed by atoms with Crippen LogP contribution in [0.5, 0.6) is 0 Å². The highest BCUT2D eigenvalue weighted by Gasteiger charge is 2.13. The number of esters is 1. The molecule has 0 aliphatic heterocycles. The van der Waals surface area contributed by atoms with Crippen molar-refractivity contribution in [3.05, 3.63) is 0 Å². The molecule has 0 rings (SSSR count). The molecule has 0 aliphatic carbocycles. The van der Waals surface area contributed by atoms with E-state index in [2.05, 4.69) is 0 Å². The summed E-state index contributed by atoms with van der Waals surface area (Å²) < 4.78 is 9.46. The van der Waals surface area contributed by atoms with E-state index < -0.39 is 12.1 Å². The van der Waals surface area contributed by atoms with Crippen LogP contribution in [-0.2, 0) is 14.3 Å². The Labute approximate surface area is 66.1 Å². The fourth-order valence-corrected chi connectivity index (χ4v) is 0.565. The van der Waals surface area contributed by atoms with Gasteiger partial charge in [0.1, 0.15) is 12.2 Å². The van der Waals surface area contributed by atoms with Crippen LogP contribution in [-0.4, -0.2) is 37.0 Å². The molecule has 4 heteroatoms. The molecule has 0 saturated carbocycles. The number of carbonyl (C=O) groups excluding carboxylic acids is 1. The maximum Gasteiger partial charge on any atom is 0.335 e. The third-order valence-electron chi connectivity index (χ3n) is 1.06. The van der Waals surface area contributed by atoms with E-state index in [1.165, 1.54) is 14.0 Å². The van der Waals surface area contributed by atoms with Gasteiger partial charge in [0, 0.05) is 7.11 Å². The van der Waals surface area contributed by atoms with E-state index in [9.17, 15) is 4.79 Å². The fourth-order valence-electron chi connectivity index (χ4n) is 0.565. The van der Waals surface area contributed by atoms with Crippen LogP contribution in [0.1, 0.15) is 13.8 Å². The molecule has 0 saturated heterocycles. The number of ether oxygens (including phenoxy) is 2. The average Bonchev–Trinajstić information content (AvgIpc) is 1.87. The number of rotatable bonds is 4. The van der Waals surface area contributed by atoms with Crippen LogP contribution >= 0.6 is 0 Å². The molecule has 0 bridgehead atoms. The van der Waals surface area contributed by atoms with E-state index in [-0.39, 0.29) is 6.10 Å². The standard InChI is InChI=1S/C7H14O4/c1-5(4-10-3)11-7(9)6(2)8/h5-6,8H,4H2,1-3H3. The lowest BCUT2D eigenvalue weighted by molar-refractivity contribution is -0.159. The topological polar surface area (TPSA) is 55.8 Å². The molecule has 0 aromatic carbocycles. The lowest BCUT2D eigenvalue weighted by Crippen LogP contribution is -2.26. The Balaban J connectivity index is 3.57. The minimum atomic E-state index is -1.06. The smallest absolute Gasteiger partial charge is 0.335 e. The van der Waals surface area contributed by atoms with Gasteiger partial charge in [-0.15, -0.1) is 0 Å². The van der Waals surface area contributed by atoms with Crippen LogP contribution in [0.3, 0.4) is 0 Å². The van der Waals surface area contributed by atoms with Crippen molar-refractivity contribution in [1.82, 2.24) is 0 Å². The van der Waals surface area contributed by atoms with Gasteiger partial charge in [0.05, 0.1) is 6.61 Å². The molecule has 0 aromatic heterocycles. The second-order valence-electron chi connectivity index (χ2n) is 2.38. The summed E-state index contributed by atoms with van der Waals surface area (Å²) in [6.45, 7) is 3.41. The van der Waals surface area contributed by atoms with Gasteiger partial charge in [0.2, 0.25) is 0 Å². The summed E-state index contributed by atoms with van der Waals surface area (Å²) in [7, 11) is 1.52. The van der Waals surface area contributed by atoms with E-state index in [1.54, 1.807) is 6.92 Å². The zero-order chi connectivity index (χ0) is 8.85. The Morgan fingerprint density at radius 2 is 2.09 bits per heavy atom. The maximum absolute atomic E-state index is 10.7. The summed E-state index contributed by atoms with van der Waals surface area (Å²) in [5.41, 5.74) is 0. The van der Waals surface area contributed by atoms with Crippen LogP contribution < -0.4 is 0 Å². The molecule has 0 radical (unpaired) electrons. The highest BCUT2D eigenvalue weighted by Crippen LogP contribution is 1.94. The van der Waals surface area contributed by atoms with Gasteiger partial charge in [-0.1, -0.05) is 0 Å². The molecular weight excluding hydrogens is 148 g/mol. The third-order valence-corrected chi connectivity index (χ3v) is 1.06. The lowest BCUT2D eigenvalue weighted by atomic mass is 10.4. The first-order valence-electron chi connectivity index (χ1n) is 3.45. The molecule has 11 heavy (non-hydrogen) atoms. The van der Waals surface area contributed by atoms with Gasteiger partial charge in [-0.2, -0.15) is 0 Å². The molecule has 1 N–H and O–H groups in total. The zero-order valence-electron chi connectivity index (χ0n) is 7.03. The van der Waals surface area contributed by atoms with Crippen LogP contribution in [0.4, 0.5) is 0 Å². The normalized spacial score (nSPS) is 15.6.